The van der Waals surface area contributed by atoms with Crippen molar-refractivity contribution in [3.05, 3.63) is 23.4 Å². The number of halogens is 1. The first-order valence-corrected chi connectivity index (χ1v) is 6.78. The number of piperidine rings is 1. The number of hydrogen-bond acceptors (Lipinski definition) is 4. The third-order valence-corrected chi connectivity index (χ3v) is 3.56. The molecule has 2 atom stereocenters. The fourth-order valence-corrected chi connectivity index (χ4v) is 2.29. The first-order chi connectivity index (χ1) is 9.06. The number of rotatable bonds is 3. The van der Waals surface area contributed by atoms with Gasteiger partial charge in [0.2, 0.25) is 5.91 Å². The predicted molar refractivity (Wildman–Crippen MR) is 74.2 cm³/mol. The van der Waals surface area contributed by atoms with E-state index in [1.165, 1.54) is 6.20 Å². The molecule has 1 amide bonds. The molecule has 0 bridgehead atoms. The van der Waals surface area contributed by atoms with Crippen LogP contribution in [0.5, 0.6) is 0 Å². The summed E-state index contributed by atoms with van der Waals surface area (Å²) in [6.07, 6.45) is 2.88. The van der Waals surface area contributed by atoms with Gasteiger partial charge in [0, 0.05) is 12.7 Å². The van der Waals surface area contributed by atoms with Gasteiger partial charge in [-0.15, -0.1) is 0 Å². The molecular weight excluding hydrogens is 266 g/mol. The van der Waals surface area contributed by atoms with Crippen molar-refractivity contribution in [2.24, 2.45) is 0 Å². The van der Waals surface area contributed by atoms with Crippen LogP contribution in [-0.2, 0) is 4.79 Å². The van der Waals surface area contributed by atoms with Gasteiger partial charge in [0.1, 0.15) is 5.82 Å². The summed E-state index contributed by atoms with van der Waals surface area (Å²) in [6.45, 7) is 3.21. The van der Waals surface area contributed by atoms with Gasteiger partial charge in [0.25, 0.3) is 0 Å². The zero-order chi connectivity index (χ0) is 13.8. The SMILES string of the molecule is C[C@@H](C(=O)Nc1ccc(Cl)cn1)N1CCC[C@H](O)C1. The average Bonchev–Trinajstić information content (AvgIpc) is 2.40. The summed E-state index contributed by atoms with van der Waals surface area (Å²) in [7, 11) is 0. The second-order valence-corrected chi connectivity index (χ2v) is 5.25. The van der Waals surface area contributed by atoms with Crippen LogP contribution < -0.4 is 5.32 Å². The highest BCUT2D eigenvalue weighted by Crippen LogP contribution is 2.15. The summed E-state index contributed by atoms with van der Waals surface area (Å²) in [5.41, 5.74) is 0. The molecular formula is C13H18ClN3O2. The van der Waals surface area contributed by atoms with Gasteiger partial charge in [0.05, 0.1) is 17.2 Å². The lowest BCUT2D eigenvalue weighted by Crippen LogP contribution is -2.48. The van der Waals surface area contributed by atoms with Crippen LogP contribution in [-0.4, -0.2) is 46.1 Å². The number of likely N-dealkylation sites (tertiary alicyclic amines) is 1. The van der Waals surface area contributed by atoms with E-state index in [4.69, 9.17) is 11.6 Å². The van der Waals surface area contributed by atoms with E-state index in [9.17, 15) is 9.90 Å². The zero-order valence-electron chi connectivity index (χ0n) is 10.8. The quantitative estimate of drug-likeness (QED) is 0.883. The van der Waals surface area contributed by atoms with Crippen molar-refractivity contribution in [2.45, 2.75) is 31.9 Å². The molecule has 0 radical (unpaired) electrons. The number of aliphatic hydroxyl groups is 1. The van der Waals surface area contributed by atoms with Gasteiger partial charge in [-0.25, -0.2) is 4.98 Å². The number of amides is 1. The maximum atomic E-state index is 12.1. The van der Waals surface area contributed by atoms with Crippen LogP contribution in [0.3, 0.4) is 0 Å². The zero-order valence-corrected chi connectivity index (χ0v) is 11.6. The van der Waals surface area contributed by atoms with Crippen LogP contribution >= 0.6 is 11.6 Å². The third kappa shape index (κ3) is 3.89. The Morgan fingerprint density at radius 1 is 1.63 bits per heavy atom. The summed E-state index contributed by atoms with van der Waals surface area (Å²) >= 11 is 5.74. The van der Waals surface area contributed by atoms with Crippen molar-refractivity contribution >= 4 is 23.3 Å². The van der Waals surface area contributed by atoms with Gasteiger partial charge in [-0.2, -0.15) is 0 Å². The Morgan fingerprint density at radius 2 is 2.42 bits per heavy atom. The topological polar surface area (TPSA) is 65.5 Å². The number of nitrogens with one attached hydrogen (secondary N) is 1. The molecule has 1 aromatic rings. The van der Waals surface area contributed by atoms with E-state index in [0.29, 0.717) is 17.4 Å². The molecule has 2 heterocycles. The fourth-order valence-electron chi connectivity index (χ4n) is 2.18. The van der Waals surface area contributed by atoms with Crippen LogP contribution in [0.25, 0.3) is 0 Å². The number of anilines is 1. The van der Waals surface area contributed by atoms with Gasteiger partial charge < -0.3 is 10.4 Å². The summed E-state index contributed by atoms with van der Waals surface area (Å²) in [5, 5.41) is 12.9. The van der Waals surface area contributed by atoms with Crippen molar-refractivity contribution in [3.63, 3.8) is 0 Å². The molecule has 6 heteroatoms. The predicted octanol–water partition coefficient (Wildman–Crippen LogP) is 1.52. The van der Waals surface area contributed by atoms with Gasteiger partial charge >= 0.3 is 0 Å². The molecule has 0 unspecified atom stereocenters. The molecule has 1 aliphatic rings. The smallest absolute Gasteiger partial charge is 0.242 e. The number of carbonyl (C=O) groups excluding carboxylic acids is 1. The van der Waals surface area contributed by atoms with Crippen molar-refractivity contribution in [2.75, 3.05) is 18.4 Å². The lowest BCUT2D eigenvalue weighted by molar-refractivity contribution is -0.121. The Labute approximate surface area is 117 Å². The fraction of sp³-hybridized carbons (Fsp3) is 0.538. The molecule has 104 valence electrons. The minimum Gasteiger partial charge on any atom is -0.392 e. The van der Waals surface area contributed by atoms with Gasteiger partial charge in [-0.3, -0.25) is 9.69 Å². The molecule has 1 aliphatic heterocycles. The average molecular weight is 284 g/mol. The molecule has 19 heavy (non-hydrogen) atoms. The number of aliphatic hydroxyl groups excluding tert-OH is 1. The van der Waals surface area contributed by atoms with Crippen LogP contribution in [0, 0.1) is 0 Å². The molecule has 1 saturated heterocycles. The second-order valence-electron chi connectivity index (χ2n) is 4.82. The Balaban J connectivity index is 1.93. The summed E-state index contributed by atoms with van der Waals surface area (Å²) in [4.78, 5) is 18.1. The van der Waals surface area contributed by atoms with Crippen LogP contribution in [0.4, 0.5) is 5.82 Å². The molecule has 0 aromatic carbocycles. The van der Waals surface area contributed by atoms with Gasteiger partial charge in [-0.05, 0) is 38.4 Å². The van der Waals surface area contributed by atoms with Crippen LogP contribution in [0.2, 0.25) is 5.02 Å². The Kier molecular flexibility index (Phi) is 4.74. The van der Waals surface area contributed by atoms with Crippen molar-refractivity contribution < 1.29 is 9.90 Å². The largest absolute Gasteiger partial charge is 0.392 e. The Hall–Kier alpha value is -1.17. The molecule has 1 fully saturated rings. The summed E-state index contributed by atoms with van der Waals surface area (Å²) < 4.78 is 0. The van der Waals surface area contributed by atoms with E-state index in [0.717, 1.165) is 19.4 Å². The van der Waals surface area contributed by atoms with Crippen molar-refractivity contribution in [1.82, 2.24) is 9.88 Å². The summed E-state index contributed by atoms with van der Waals surface area (Å²) in [5.74, 6) is 0.364. The van der Waals surface area contributed by atoms with E-state index < -0.39 is 0 Å². The number of aromatic nitrogens is 1. The maximum absolute atomic E-state index is 12.1. The summed E-state index contributed by atoms with van der Waals surface area (Å²) in [6, 6.07) is 3.06. The van der Waals surface area contributed by atoms with Crippen LogP contribution in [0.15, 0.2) is 18.3 Å². The minimum absolute atomic E-state index is 0.121. The van der Waals surface area contributed by atoms with Gasteiger partial charge in [-0.1, -0.05) is 11.6 Å². The standard InChI is InChI=1S/C13H18ClN3O2/c1-9(17-6-2-3-11(18)8-17)13(19)16-12-5-4-10(14)7-15-12/h4-5,7,9,11,18H,2-3,6,8H2,1H3,(H,15,16,19)/t9-,11-/m0/s1. The molecule has 2 rings (SSSR count). The van der Waals surface area contributed by atoms with Crippen molar-refractivity contribution in [3.8, 4) is 0 Å². The van der Waals surface area contributed by atoms with E-state index in [1.54, 1.807) is 12.1 Å². The first kappa shape index (κ1) is 14.2. The second kappa shape index (κ2) is 6.32. The monoisotopic (exact) mass is 283 g/mol. The van der Waals surface area contributed by atoms with E-state index in [1.807, 2.05) is 11.8 Å². The highest BCUT2D eigenvalue weighted by molar-refractivity contribution is 6.30. The molecule has 1 aromatic heterocycles. The number of carbonyl (C=O) groups is 1. The Morgan fingerprint density at radius 3 is 3.05 bits per heavy atom. The van der Waals surface area contributed by atoms with E-state index in [-0.39, 0.29) is 18.1 Å². The molecule has 0 saturated carbocycles. The maximum Gasteiger partial charge on any atom is 0.242 e. The highest BCUT2D eigenvalue weighted by Gasteiger charge is 2.26. The highest BCUT2D eigenvalue weighted by atomic mass is 35.5. The molecule has 0 spiro atoms. The van der Waals surface area contributed by atoms with E-state index >= 15 is 0 Å². The minimum atomic E-state index is -0.336. The number of hydrogen-bond donors (Lipinski definition) is 2. The first-order valence-electron chi connectivity index (χ1n) is 6.41. The third-order valence-electron chi connectivity index (χ3n) is 3.33. The number of pyridine rings is 1. The normalized spacial score (nSPS) is 21.9. The lowest BCUT2D eigenvalue weighted by Gasteiger charge is -2.33. The number of nitrogens with zero attached hydrogens (tertiary/aromatic N) is 2. The Bertz CT molecular complexity index is 438. The van der Waals surface area contributed by atoms with Gasteiger partial charge in [0.15, 0.2) is 0 Å². The van der Waals surface area contributed by atoms with Crippen molar-refractivity contribution in [1.29, 1.82) is 0 Å². The molecule has 0 aliphatic carbocycles. The van der Waals surface area contributed by atoms with E-state index in [2.05, 4.69) is 10.3 Å². The molecule has 5 nitrogen and oxygen atoms in total. The van der Waals surface area contributed by atoms with Crippen LogP contribution in [0.1, 0.15) is 19.8 Å². The lowest BCUT2D eigenvalue weighted by atomic mass is 10.1. The molecule has 2 N–H and O–H groups in total. The number of β-amino-alcohol motifs (C(OH)–C–C–N with tert-alkyl or cyclic N) is 1.